The molecule has 0 aliphatic carbocycles. The molecule has 0 unspecified atom stereocenters. The highest BCUT2D eigenvalue weighted by Gasteiger charge is 2.21. The summed E-state index contributed by atoms with van der Waals surface area (Å²) in [7, 11) is -3.75. The molecule has 4 rings (SSSR count). The molecule has 0 radical (unpaired) electrons. The molecule has 1 heterocycles. The molecule has 4 aromatic rings. The third kappa shape index (κ3) is 4.49. The average Bonchev–Trinajstić information content (AvgIpc) is 3.04. The first kappa shape index (κ1) is 21.5. The van der Waals surface area contributed by atoms with Crippen molar-refractivity contribution in [3.8, 4) is 0 Å². The Hall–Kier alpha value is -2.74. The van der Waals surface area contributed by atoms with Crippen LogP contribution >= 0.6 is 11.3 Å². The number of nitrogens with zero attached hydrogens (tertiary/aromatic N) is 1. The number of hydrogen-bond donors (Lipinski definition) is 1. The van der Waals surface area contributed by atoms with E-state index in [9.17, 15) is 13.2 Å². The average molecular weight is 453 g/mol. The third-order valence-corrected chi connectivity index (χ3v) is 7.85. The molecule has 1 atom stereocenters. The number of benzene rings is 3. The first-order chi connectivity index (χ1) is 14.7. The first-order valence-corrected chi connectivity index (χ1v) is 12.3. The van der Waals surface area contributed by atoms with Crippen molar-refractivity contribution >= 4 is 31.6 Å². The minimum Gasteiger partial charge on any atom is -0.294 e. The molecule has 1 N–H and O–H groups in total. The van der Waals surface area contributed by atoms with Crippen LogP contribution in [0.1, 0.15) is 35.2 Å². The molecule has 31 heavy (non-hydrogen) atoms. The number of thiazole rings is 1. The van der Waals surface area contributed by atoms with Gasteiger partial charge in [-0.3, -0.25) is 9.36 Å². The molecule has 0 saturated heterocycles. The highest BCUT2D eigenvalue weighted by atomic mass is 32.2. The van der Waals surface area contributed by atoms with Crippen molar-refractivity contribution in [2.24, 2.45) is 0 Å². The Kier molecular flexibility index (Phi) is 5.83. The number of nitrogens with one attached hydrogen (secondary N) is 1. The summed E-state index contributed by atoms with van der Waals surface area (Å²) in [5.74, 6) is 0. The predicted molar refractivity (Wildman–Crippen MR) is 126 cm³/mol. The standard InChI is InChI=1S/C24H24N2O3S2/c1-16-9-10-17(2)21(13-16)18(3)25-31(28,29)20-11-12-22-23(14-20)30-24(27)26(22)15-19-7-5-4-6-8-19/h4-14,18,25H,15H2,1-3H3/t18-/m0/s1. The second kappa shape index (κ2) is 8.42. The molecule has 0 amide bonds. The highest BCUT2D eigenvalue weighted by Crippen LogP contribution is 2.25. The molecule has 0 spiro atoms. The van der Waals surface area contributed by atoms with Crippen LogP contribution < -0.4 is 9.60 Å². The van der Waals surface area contributed by atoms with E-state index >= 15 is 0 Å². The molecule has 0 saturated carbocycles. The van der Waals surface area contributed by atoms with Crippen molar-refractivity contribution in [2.45, 2.75) is 38.3 Å². The fourth-order valence-electron chi connectivity index (χ4n) is 3.72. The molecular formula is C24H24N2O3S2. The Morgan fingerprint density at radius 2 is 1.74 bits per heavy atom. The van der Waals surface area contributed by atoms with E-state index in [4.69, 9.17) is 0 Å². The van der Waals surface area contributed by atoms with Gasteiger partial charge in [0.2, 0.25) is 10.0 Å². The maximum Gasteiger partial charge on any atom is 0.308 e. The molecule has 0 aliphatic heterocycles. The second-order valence-corrected chi connectivity index (χ2v) is 10.5. The van der Waals surface area contributed by atoms with Crippen LogP contribution in [-0.2, 0) is 16.6 Å². The minimum absolute atomic E-state index is 0.106. The Labute approximate surface area is 186 Å². The van der Waals surface area contributed by atoms with Gasteiger partial charge in [-0.05, 0) is 55.7 Å². The number of aromatic nitrogens is 1. The van der Waals surface area contributed by atoms with E-state index in [0.717, 1.165) is 39.1 Å². The Morgan fingerprint density at radius 3 is 2.48 bits per heavy atom. The molecule has 0 fully saturated rings. The third-order valence-electron chi connectivity index (χ3n) is 5.37. The summed E-state index contributed by atoms with van der Waals surface area (Å²) in [6.07, 6.45) is 0. The maximum absolute atomic E-state index is 13.0. The van der Waals surface area contributed by atoms with Gasteiger partial charge in [0.25, 0.3) is 0 Å². The van der Waals surface area contributed by atoms with Crippen molar-refractivity contribution in [2.75, 3.05) is 0 Å². The van der Waals surface area contributed by atoms with Crippen molar-refractivity contribution in [3.63, 3.8) is 0 Å². The lowest BCUT2D eigenvalue weighted by Gasteiger charge is -2.17. The van der Waals surface area contributed by atoms with Gasteiger partial charge in [0.05, 0.1) is 21.7 Å². The second-order valence-electron chi connectivity index (χ2n) is 7.77. The normalized spacial score (nSPS) is 12.9. The number of sulfonamides is 1. The summed E-state index contributed by atoms with van der Waals surface area (Å²) in [6, 6.07) is 20.2. The first-order valence-electron chi connectivity index (χ1n) is 10.0. The van der Waals surface area contributed by atoms with Crippen LogP contribution in [0.5, 0.6) is 0 Å². The monoisotopic (exact) mass is 452 g/mol. The van der Waals surface area contributed by atoms with Crippen LogP contribution in [0.25, 0.3) is 10.2 Å². The van der Waals surface area contributed by atoms with Gasteiger partial charge in [-0.25, -0.2) is 13.1 Å². The van der Waals surface area contributed by atoms with Gasteiger partial charge < -0.3 is 0 Å². The summed E-state index contributed by atoms with van der Waals surface area (Å²) >= 11 is 1.06. The van der Waals surface area contributed by atoms with E-state index in [1.807, 2.05) is 69.3 Å². The van der Waals surface area contributed by atoms with Crippen molar-refractivity contribution in [3.05, 3.63) is 98.7 Å². The minimum atomic E-state index is -3.75. The van der Waals surface area contributed by atoms with E-state index in [1.54, 1.807) is 22.8 Å². The van der Waals surface area contributed by atoms with Crippen molar-refractivity contribution in [1.82, 2.24) is 9.29 Å². The zero-order valence-corrected chi connectivity index (χ0v) is 19.3. The van der Waals surface area contributed by atoms with E-state index in [0.29, 0.717) is 11.2 Å². The summed E-state index contributed by atoms with van der Waals surface area (Å²) in [5.41, 5.74) is 4.82. The fraction of sp³-hybridized carbons (Fsp3) is 0.208. The lowest BCUT2D eigenvalue weighted by atomic mass is 10.0. The van der Waals surface area contributed by atoms with Crippen LogP contribution in [-0.4, -0.2) is 13.0 Å². The highest BCUT2D eigenvalue weighted by molar-refractivity contribution is 7.89. The molecule has 160 valence electrons. The van der Waals surface area contributed by atoms with Crippen LogP contribution in [0.4, 0.5) is 0 Å². The van der Waals surface area contributed by atoms with Crippen LogP contribution in [0.2, 0.25) is 0 Å². The molecule has 0 aliphatic rings. The van der Waals surface area contributed by atoms with Crippen LogP contribution in [0.15, 0.2) is 76.4 Å². The van der Waals surface area contributed by atoms with E-state index in [2.05, 4.69) is 4.72 Å². The van der Waals surface area contributed by atoms with Crippen molar-refractivity contribution < 1.29 is 8.42 Å². The SMILES string of the molecule is Cc1ccc(C)c([C@H](C)NS(=O)(=O)c2ccc3c(c2)sc(=O)n3Cc2ccccc2)c1. The molecule has 0 bridgehead atoms. The van der Waals surface area contributed by atoms with Gasteiger partial charge in [0.15, 0.2) is 0 Å². The van der Waals surface area contributed by atoms with E-state index in [-0.39, 0.29) is 15.8 Å². The molecule has 1 aromatic heterocycles. The Balaban J connectivity index is 1.65. The van der Waals surface area contributed by atoms with Gasteiger partial charge >= 0.3 is 4.87 Å². The number of aryl methyl sites for hydroxylation is 2. The summed E-state index contributed by atoms with van der Waals surface area (Å²) in [4.78, 5) is 12.6. The molecule has 5 nitrogen and oxygen atoms in total. The lowest BCUT2D eigenvalue weighted by molar-refractivity contribution is 0.566. The summed E-state index contributed by atoms with van der Waals surface area (Å²) < 4.78 is 31.2. The van der Waals surface area contributed by atoms with Crippen LogP contribution in [0.3, 0.4) is 0 Å². The number of fused-ring (bicyclic) bond motifs is 1. The van der Waals surface area contributed by atoms with Gasteiger partial charge in [-0.2, -0.15) is 0 Å². The van der Waals surface area contributed by atoms with Crippen LogP contribution in [0, 0.1) is 13.8 Å². The van der Waals surface area contributed by atoms with Crippen molar-refractivity contribution in [1.29, 1.82) is 0 Å². The van der Waals surface area contributed by atoms with E-state index in [1.165, 1.54) is 0 Å². The van der Waals surface area contributed by atoms with Gasteiger partial charge in [0.1, 0.15) is 0 Å². The van der Waals surface area contributed by atoms with Gasteiger partial charge in [0, 0.05) is 6.04 Å². The predicted octanol–water partition coefficient (Wildman–Crippen LogP) is 4.77. The topological polar surface area (TPSA) is 68.2 Å². The Bertz CT molecular complexity index is 1400. The lowest BCUT2D eigenvalue weighted by Crippen LogP contribution is -2.27. The quantitative estimate of drug-likeness (QED) is 0.458. The zero-order chi connectivity index (χ0) is 22.2. The summed E-state index contributed by atoms with van der Waals surface area (Å²) in [6.45, 7) is 6.25. The summed E-state index contributed by atoms with van der Waals surface area (Å²) in [5, 5.41) is 0. The zero-order valence-electron chi connectivity index (χ0n) is 17.6. The maximum atomic E-state index is 13.0. The van der Waals surface area contributed by atoms with E-state index < -0.39 is 10.0 Å². The number of hydrogen-bond acceptors (Lipinski definition) is 4. The molecular weight excluding hydrogens is 428 g/mol. The fourth-order valence-corrected chi connectivity index (χ4v) is 5.97. The molecule has 7 heteroatoms. The smallest absolute Gasteiger partial charge is 0.294 e. The largest absolute Gasteiger partial charge is 0.308 e. The molecule has 3 aromatic carbocycles. The Morgan fingerprint density at radius 1 is 1.00 bits per heavy atom. The van der Waals surface area contributed by atoms with Gasteiger partial charge in [-0.1, -0.05) is 65.4 Å². The number of rotatable bonds is 6. The van der Waals surface area contributed by atoms with Gasteiger partial charge in [-0.15, -0.1) is 0 Å².